The molecule has 0 saturated heterocycles. The molecule has 0 fully saturated rings. The van der Waals surface area contributed by atoms with Gasteiger partial charge in [0.05, 0.1) is 7.11 Å². The van der Waals surface area contributed by atoms with E-state index in [1.165, 1.54) is 29.4 Å². The van der Waals surface area contributed by atoms with E-state index in [0.717, 1.165) is 6.42 Å². The van der Waals surface area contributed by atoms with Gasteiger partial charge in [-0.3, -0.25) is 4.79 Å². The summed E-state index contributed by atoms with van der Waals surface area (Å²) in [7, 11) is 2.90. The molecule has 1 rings (SSSR count). The van der Waals surface area contributed by atoms with Crippen LogP contribution in [0.5, 0.6) is 0 Å². The quantitative estimate of drug-likeness (QED) is 0.724. The molecule has 0 aliphatic heterocycles. The normalized spacial score (nSPS) is 11.1. The molecule has 0 saturated carbocycles. The first kappa shape index (κ1) is 28.8. The third-order valence-electron chi connectivity index (χ3n) is 3.88. The number of aryl methyl sites for hydroxylation is 3. The zero-order valence-electron chi connectivity index (χ0n) is 19.4. The molecule has 1 unspecified atom stereocenters. The van der Waals surface area contributed by atoms with Crippen molar-refractivity contribution < 1.29 is 23.9 Å². The summed E-state index contributed by atoms with van der Waals surface area (Å²) in [6, 6.07) is 3.94. The van der Waals surface area contributed by atoms with Crippen molar-refractivity contribution in [2.24, 2.45) is 0 Å². The molecule has 7 heteroatoms. The molecule has 7 nitrogen and oxygen atoms in total. The largest absolute Gasteiger partial charge is 0.468 e. The molecule has 0 bridgehead atoms. The molecule has 0 aliphatic carbocycles. The van der Waals surface area contributed by atoms with Gasteiger partial charge < -0.3 is 24.9 Å². The Morgan fingerprint density at radius 1 is 1.10 bits per heavy atom. The lowest BCUT2D eigenvalue weighted by molar-refractivity contribution is -0.142. The minimum absolute atomic E-state index is 0.123. The Balaban J connectivity index is 0. The second-order valence-corrected chi connectivity index (χ2v) is 7.48. The van der Waals surface area contributed by atoms with Crippen LogP contribution in [0.2, 0.25) is 0 Å². The van der Waals surface area contributed by atoms with E-state index in [2.05, 4.69) is 55.2 Å². The lowest BCUT2D eigenvalue weighted by Crippen LogP contribution is -2.46. The molecule has 1 atom stereocenters. The van der Waals surface area contributed by atoms with Crippen molar-refractivity contribution in [2.75, 3.05) is 20.7 Å². The Morgan fingerprint density at radius 3 is 1.93 bits per heavy atom. The average molecular weight is 411 g/mol. The number of nitrogens with one attached hydrogen (secondary N) is 2. The second-order valence-electron chi connectivity index (χ2n) is 7.48. The van der Waals surface area contributed by atoms with E-state index in [-0.39, 0.29) is 6.54 Å². The molecule has 0 radical (unpaired) electrons. The first-order valence-corrected chi connectivity index (χ1v) is 9.52. The zero-order valence-corrected chi connectivity index (χ0v) is 19.4. The summed E-state index contributed by atoms with van der Waals surface area (Å²) in [5, 5.41) is 5.21. The number of amides is 1. The number of likely N-dealkylation sites (N-methyl/N-ethyl adjacent to an activating group) is 1. The van der Waals surface area contributed by atoms with Crippen LogP contribution in [-0.4, -0.2) is 51.2 Å². The third kappa shape index (κ3) is 12.6. The number of alkyl carbamates (subject to hydrolysis) is 1. The highest BCUT2D eigenvalue weighted by atomic mass is 16.6. The average Bonchev–Trinajstić information content (AvgIpc) is 2.62. The standard InChI is InChI=1S/C11H16.C10H20N2O4.CH2O/c1-5-11-9(3)6-8(2)7-10(11)4;1-10(2,3)16-9(14)12-6-7(11-4)8(13)15-5;1-2/h6-7H,5H2,1-4H3;7,11H,6H2,1-5H3,(H,12,14);1H2. The molecule has 0 aromatic heterocycles. The van der Waals surface area contributed by atoms with Gasteiger partial charge in [-0.05, 0) is 71.7 Å². The van der Waals surface area contributed by atoms with Crippen molar-refractivity contribution in [2.45, 2.75) is 66.5 Å². The van der Waals surface area contributed by atoms with Crippen molar-refractivity contribution in [1.29, 1.82) is 0 Å². The van der Waals surface area contributed by atoms with Gasteiger partial charge in [0, 0.05) is 6.54 Å². The Bertz CT molecular complexity index is 616. The molecule has 29 heavy (non-hydrogen) atoms. The molecule has 1 aromatic rings. The Labute approximate surface area is 175 Å². The number of rotatable bonds is 5. The van der Waals surface area contributed by atoms with Gasteiger partial charge in [-0.2, -0.15) is 0 Å². The van der Waals surface area contributed by atoms with Gasteiger partial charge in [-0.25, -0.2) is 4.79 Å². The van der Waals surface area contributed by atoms with Crippen LogP contribution in [0.15, 0.2) is 12.1 Å². The maximum absolute atomic E-state index is 11.3. The Hall–Kier alpha value is -2.41. The lowest BCUT2D eigenvalue weighted by Gasteiger charge is -2.21. The van der Waals surface area contributed by atoms with Gasteiger partial charge in [-0.1, -0.05) is 24.6 Å². The Kier molecular flexibility index (Phi) is 14.5. The minimum atomic E-state index is -0.572. The predicted octanol–water partition coefficient (Wildman–Crippen LogP) is 3.26. The number of methoxy groups -OCH3 is 1. The fourth-order valence-electron chi connectivity index (χ4n) is 2.71. The monoisotopic (exact) mass is 410 g/mol. The van der Waals surface area contributed by atoms with E-state index in [4.69, 9.17) is 9.53 Å². The predicted molar refractivity (Wildman–Crippen MR) is 116 cm³/mol. The maximum Gasteiger partial charge on any atom is 0.407 e. The molecule has 1 amide bonds. The lowest BCUT2D eigenvalue weighted by atomic mass is 9.98. The highest BCUT2D eigenvalue weighted by molar-refractivity contribution is 5.77. The van der Waals surface area contributed by atoms with E-state index in [9.17, 15) is 9.59 Å². The first-order chi connectivity index (χ1) is 13.4. The summed E-state index contributed by atoms with van der Waals surface area (Å²) in [5.41, 5.74) is 5.20. The van der Waals surface area contributed by atoms with Crippen LogP contribution < -0.4 is 10.6 Å². The van der Waals surface area contributed by atoms with E-state index in [1.54, 1.807) is 27.8 Å². The topological polar surface area (TPSA) is 93.7 Å². The van der Waals surface area contributed by atoms with E-state index in [0.29, 0.717) is 0 Å². The van der Waals surface area contributed by atoms with Gasteiger partial charge in [0.2, 0.25) is 0 Å². The van der Waals surface area contributed by atoms with Crippen molar-refractivity contribution in [3.63, 3.8) is 0 Å². The zero-order chi connectivity index (χ0) is 23.2. The van der Waals surface area contributed by atoms with Crippen molar-refractivity contribution in [1.82, 2.24) is 10.6 Å². The summed E-state index contributed by atoms with van der Waals surface area (Å²) in [6.45, 7) is 16.2. The molecule has 0 heterocycles. The van der Waals surface area contributed by atoms with Gasteiger partial charge in [0.1, 0.15) is 18.4 Å². The van der Waals surface area contributed by atoms with Crippen LogP contribution >= 0.6 is 0 Å². The van der Waals surface area contributed by atoms with Crippen molar-refractivity contribution >= 4 is 18.9 Å². The SMILES string of the molecule is C=O.CCc1c(C)cc(C)cc1C.CNC(CNC(=O)OC(C)(C)C)C(=O)OC. The van der Waals surface area contributed by atoms with Gasteiger partial charge in [-0.15, -0.1) is 0 Å². The number of hydrogen-bond donors (Lipinski definition) is 2. The van der Waals surface area contributed by atoms with Crippen LogP contribution in [0.1, 0.15) is 49.9 Å². The van der Waals surface area contributed by atoms with E-state index in [1.807, 2.05) is 6.79 Å². The molecule has 0 aliphatic rings. The summed E-state index contributed by atoms with van der Waals surface area (Å²) < 4.78 is 9.56. The molecule has 2 N–H and O–H groups in total. The number of carbonyl (C=O) groups excluding carboxylic acids is 3. The number of ether oxygens (including phenoxy) is 2. The number of hydrogen-bond acceptors (Lipinski definition) is 6. The number of benzene rings is 1. The summed E-state index contributed by atoms with van der Waals surface area (Å²) in [5.74, 6) is -0.432. The highest BCUT2D eigenvalue weighted by Gasteiger charge is 2.20. The molecule has 166 valence electrons. The van der Waals surface area contributed by atoms with Crippen molar-refractivity contribution in [3.8, 4) is 0 Å². The van der Waals surface area contributed by atoms with Crippen LogP contribution in [-0.2, 0) is 25.5 Å². The van der Waals surface area contributed by atoms with E-state index < -0.39 is 23.7 Å². The van der Waals surface area contributed by atoms with Crippen LogP contribution in [0.25, 0.3) is 0 Å². The first-order valence-electron chi connectivity index (χ1n) is 9.52. The van der Waals surface area contributed by atoms with Crippen LogP contribution in [0, 0.1) is 20.8 Å². The molecule has 1 aromatic carbocycles. The smallest absolute Gasteiger partial charge is 0.407 e. The van der Waals surface area contributed by atoms with Crippen LogP contribution in [0.3, 0.4) is 0 Å². The summed E-state index contributed by atoms with van der Waals surface area (Å²) >= 11 is 0. The van der Waals surface area contributed by atoms with Gasteiger partial charge >= 0.3 is 12.1 Å². The molecular weight excluding hydrogens is 372 g/mol. The fraction of sp³-hybridized carbons (Fsp3) is 0.591. The third-order valence-corrected chi connectivity index (χ3v) is 3.88. The molecular formula is C22H38N2O5. The second kappa shape index (κ2) is 14.6. The fourth-order valence-corrected chi connectivity index (χ4v) is 2.71. The van der Waals surface area contributed by atoms with Gasteiger partial charge in [0.25, 0.3) is 0 Å². The summed E-state index contributed by atoms with van der Waals surface area (Å²) in [6.07, 6.45) is 0.592. The van der Waals surface area contributed by atoms with Crippen molar-refractivity contribution in [3.05, 3.63) is 34.4 Å². The summed E-state index contributed by atoms with van der Waals surface area (Å²) in [4.78, 5) is 30.4. The minimum Gasteiger partial charge on any atom is -0.468 e. The highest BCUT2D eigenvalue weighted by Crippen LogP contribution is 2.16. The maximum atomic E-state index is 11.3. The number of carbonyl (C=O) groups is 3. The molecule has 0 spiro atoms. The van der Waals surface area contributed by atoms with Crippen LogP contribution in [0.4, 0.5) is 4.79 Å². The number of esters is 1. The van der Waals surface area contributed by atoms with E-state index >= 15 is 0 Å². The van der Waals surface area contributed by atoms with Gasteiger partial charge in [0.15, 0.2) is 0 Å². The Morgan fingerprint density at radius 2 is 1.59 bits per heavy atom.